The number of hydrogen-bond donors (Lipinski definition) is 1. The topological polar surface area (TPSA) is 41.5 Å². The molecule has 2 aromatic rings. The highest BCUT2D eigenvalue weighted by Crippen LogP contribution is 2.29. The number of carbonyl (C=O) groups is 1. The van der Waals surface area contributed by atoms with Gasteiger partial charge in [-0.1, -0.05) is 29.8 Å². The van der Waals surface area contributed by atoms with E-state index in [0.29, 0.717) is 0 Å². The summed E-state index contributed by atoms with van der Waals surface area (Å²) in [5.41, 5.74) is 7.08. The van der Waals surface area contributed by atoms with Crippen molar-refractivity contribution in [3.8, 4) is 0 Å². The van der Waals surface area contributed by atoms with Gasteiger partial charge in [0.25, 0.3) is 5.91 Å². The second-order valence-electron chi connectivity index (χ2n) is 5.77. The van der Waals surface area contributed by atoms with Crippen LogP contribution in [0.2, 0.25) is 0 Å². The molecule has 0 unspecified atom stereocenters. The van der Waals surface area contributed by atoms with E-state index in [1.54, 1.807) is 11.3 Å². The molecule has 3 nitrogen and oxygen atoms in total. The Hall–Kier alpha value is -1.94. The number of thiophene rings is 1. The van der Waals surface area contributed by atoms with Crippen LogP contribution in [0.3, 0.4) is 0 Å². The lowest BCUT2D eigenvalue weighted by molar-refractivity contribution is 0.0959. The van der Waals surface area contributed by atoms with E-state index in [0.717, 1.165) is 29.0 Å². The number of hydrazone groups is 1. The SMILES string of the molecule is CC(=NNC(=O)c1cc2c(s1)CCCC2)c1ccc(C)cc1. The van der Waals surface area contributed by atoms with E-state index in [4.69, 9.17) is 0 Å². The van der Waals surface area contributed by atoms with Crippen LogP contribution in [0, 0.1) is 6.92 Å². The van der Waals surface area contributed by atoms with Gasteiger partial charge in [-0.3, -0.25) is 4.79 Å². The number of nitrogens with zero attached hydrogens (tertiary/aromatic N) is 1. The lowest BCUT2D eigenvalue weighted by Gasteiger charge is -2.08. The van der Waals surface area contributed by atoms with Gasteiger partial charge in [0, 0.05) is 4.88 Å². The van der Waals surface area contributed by atoms with E-state index < -0.39 is 0 Å². The molecule has 0 spiro atoms. The fraction of sp³-hybridized carbons (Fsp3) is 0.333. The van der Waals surface area contributed by atoms with Crippen molar-refractivity contribution in [3.63, 3.8) is 0 Å². The maximum atomic E-state index is 12.2. The first-order valence-electron chi connectivity index (χ1n) is 7.67. The molecule has 114 valence electrons. The Morgan fingerprint density at radius 1 is 1.18 bits per heavy atom. The molecule has 3 rings (SSSR count). The Balaban J connectivity index is 1.70. The average Bonchev–Trinajstić information content (AvgIpc) is 2.97. The number of carbonyl (C=O) groups excluding carboxylic acids is 1. The van der Waals surface area contributed by atoms with Gasteiger partial charge in [0.1, 0.15) is 0 Å². The predicted molar refractivity (Wildman–Crippen MR) is 91.8 cm³/mol. The van der Waals surface area contributed by atoms with Gasteiger partial charge in [-0.25, -0.2) is 5.43 Å². The fourth-order valence-electron chi connectivity index (χ4n) is 2.65. The summed E-state index contributed by atoms with van der Waals surface area (Å²) < 4.78 is 0. The van der Waals surface area contributed by atoms with Crippen molar-refractivity contribution in [1.82, 2.24) is 5.43 Å². The van der Waals surface area contributed by atoms with E-state index in [1.807, 2.05) is 37.3 Å². The molecule has 0 saturated heterocycles. The molecule has 1 amide bonds. The zero-order chi connectivity index (χ0) is 15.5. The highest BCUT2D eigenvalue weighted by molar-refractivity contribution is 7.14. The largest absolute Gasteiger partial charge is 0.281 e. The summed E-state index contributed by atoms with van der Waals surface area (Å²) in [4.78, 5) is 14.4. The maximum absolute atomic E-state index is 12.2. The molecule has 0 bridgehead atoms. The monoisotopic (exact) mass is 312 g/mol. The van der Waals surface area contributed by atoms with E-state index in [2.05, 4.69) is 17.5 Å². The van der Waals surface area contributed by atoms with Crippen LogP contribution in [0.25, 0.3) is 0 Å². The van der Waals surface area contributed by atoms with Gasteiger partial charge < -0.3 is 0 Å². The van der Waals surface area contributed by atoms with E-state index in [9.17, 15) is 4.79 Å². The van der Waals surface area contributed by atoms with Gasteiger partial charge in [-0.2, -0.15) is 5.10 Å². The summed E-state index contributed by atoms with van der Waals surface area (Å²) in [5.74, 6) is -0.106. The Morgan fingerprint density at radius 2 is 1.91 bits per heavy atom. The summed E-state index contributed by atoms with van der Waals surface area (Å²) in [5, 5.41) is 4.23. The lowest BCUT2D eigenvalue weighted by atomic mass is 9.99. The quantitative estimate of drug-likeness (QED) is 0.673. The van der Waals surface area contributed by atoms with Crippen LogP contribution in [-0.2, 0) is 12.8 Å². The van der Waals surface area contributed by atoms with Crippen molar-refractivity contribution in [2.75, 3.05) is 0 Å². The Kier molecular flexibility index (Phi) is 4.39. The minimum Gasteiger partial charge on any atom is -0.266 e. The number of hydrogen-bond acceptors (Lipinski definition) is 3. The molecule has 0 radical (unpaired) electrons. The van der Waals surface area contributed by atoms with Gasteiger partial charge in [0.2, 0.25) is 0 Å². The number of fused-ring (bicyclic) bond motifs is 1. The minimum absolute atomic E-state index is 0.106. The van der Waals surface area contributed by atoms with Crippen LogP contribution in [0.15, 0.2) is 35.4 Å². The van der Waals surface area contributed by atoms with Crippen molar-refractivity contribution < 1.29 is 4.79 Å². The number of aryl methyl sites for hydroxylation is 3. The van der Waals surface area contributed by atoms with Gasteiger partial charge in [-0.05, 0) is 56.7 Å². The Morgan fingerprint density at radius 3 is 2.64 bits per heavy atom. The van der Waals surface area contributed by atoms with Gasteiger partial charge >= 0.3 is 0 Å². The van der Waals surface area contributed by atoms with Crippen LogP contribution in [-0.4, -0.2) is 11.6 Å². The summed E-state index contributed by atoms with van der Waals surface area (Å²) in [6, 6.07) is 10.2. The third-order valence-corrected chi connectivity index (χ3v) is 5.25. The van der Waals surface area contributed by atoms with Crippen LogP contribution >= 0.6 is 11.3 Å². The minimum atomic E-state index is -0.106. The summed E-state index contributed by atoms with van der Waals surface area (Å²) in [6.45, 7) is 3.96. The van der Waals surface area contributed by atoms with Crippen molar-refractivity contribution >= 4 is 23.0 Å². The smallest absolute Gasteiger partial charge is 0.266 e. The molecule has 1 N–H and O–H groups in total. The molecule has 1 aliphatic carbocycles. The summed E-state index contributed by atoms with van der Waals surface area (Å²) in [7, 11) is 0. The second kappa shape index (κ2) is 6.44. The van der Waals surface area contributed by atoms with Crippen LogP contribution < -0.4 is 5.43 Å². The third kappa shape index (κ3) is 3.28. The first kappa shape index (κ1) is 15.0. The van der Waals surface area contributed by atoms with Crippen molar-refractivity contribution in [2.45, 2.75) is 39.5 Å². The molecule has 0 atom stereocenters. The Labute approximate surface area is 135 Å². The first-order valence-corrected chi connectivity index (χ1v) is 8.48. The van der Waals surface area contributed by atoms with Gasteiger partial charge in [0.15, 0.2) is 0 Å². The molecule has 0 fully saturated rings. The summed E-state index contributed by atoms with van der Waals surface area (Å²) >= 11 is 1.61. The van der Waals surface area contributed by atoms with Crippen molar-refractivity contribution in [3.05, 3.63) is 56.8 Å². The standard InChI is InChI=1S/C18H20N2OS/c1-12-7-9-14(10-8-12)13(2)19-20-18(21)17-11-15-5-3-4-6-16(15)22-17/h7-11H,3-6H2,1-2H3,(H,20,21). The molecule has 1 aromatic carbocycles. The van der Waals surface area contributed by atoms with E-state index in [1.165, 1.54) is 28.8 Å². The summed E-state index contributed by atoms with van der Waals surface area (Å²) in [6.07, 6.45) is 4.68. The molecule has 4 heteroatoms. The molecular formula is C18H20N2OS. The molecule has 0 aliphatic heterocycles. The highest BCUT2D eigenvalue weighted by Gasteiger charge is 2.16. The predicted octanol–water partition coefficient (Wildman–Crippen LogP) is 4.09. The molecular weight excluding hydrogens is 292 g/mol. The number of benzene rings is 1. The molecule has 1 aliphatic rings. The second-order valence-corrected chi connectivity index (χ2v) is 6.91. The number of amides is 1. The van der Waals surface area contributed by atoms with Gasteiger partial charge in [-0.15, -0.1) is 11.3 Å². The molecule has 1 heterocycles. The average molecular weight is 312 g/mol. The van der Waals surface area contributed by atoms with E-state index in [-0.39, 0.29) is 5.91 Å². The van der Waals surface area contributed by atoms with E-state index >= 15 is 0 Å². The zero-order valence-corrected chi connectivity index (χ0v) is 13.8. The van der Waals surface area contributed by atoms with Crippen LogP contribution in [0.1, 0.15) is 51.0 Å². The van der Waals surface area contributed by atoms with Crippen LogP contribution in [0.5, 0.6) is 0 Å². The fourth-order valence-corrected chi connectivity index (χ4v) is 3.80. The molecule has 1 aromatic heterocycles. The first-order chi connectivity index (χ1) is 10.6. The normalized spacial score (nSPS) is 14.5. The maximum Gasteiger partial charge on any atom is 0.281 e. The molecule has 22 heavy (non-hydrogen) atoms. The Bertz CT molecular complexity index is 690. The molecule has 0 saturated carbocycles. The highest BCUT2D eigenvalue weighted by atomic mass is 32.1. The lowest BCUT2D eigenvalue weighted by Crippen LogP contribution is -2.18. The number of rotatable bonds is 3. The third-order valence-electron chi connectivity index (χ3n) is 4.01. The van der Waals surface area contributed by atoms with Crippen molar-refractivity contribution in [1.29, 1.82) is 0 Å². The van der Waals surface area contributed by atoms with Gasteiger partial charge in [0.05, 0.1) is 10.6 Å². The van der Waals surface area contributed by atoms with Crippen LogP contribution in [0.4, 0.5) is 0 Å². The number of nitrogens with one attached hydrogen (secondary N) is 1. The van der Waals surface area contributed by atoms with Crippen molar-refractivity contribution in [2.24, 2.45) is 5.10 Å². The zero-order valence-electron chi connectivity index (χ0n) is 13.0.